The normalized spacial score (nSPS) is 25.9. The monoisotopic (exact) mass is 317 g/mol. The first-order chi connectivity index (χ1) is 10.0. The molecule has 0 bridgehead atoms. The van der Waals surface area contributed by atoms with Crippen molar-refractivity contribution in [3.63, 3.8) is 0 Å². The molecule has 1 saturated heterocycles. The Morgan fingerprint density at radius 1 is 1.29 bits per heavy atom. The molecule has 6 heteroatoms. The van der Waals surface area contributed by atoms with Crippen molar-refractivity contribution in [2.24, 2.45) is 11.3 Å². The zero-order valence-electron chi connectivity index (χ0n) is 13.5. The van der Waals surface area contributed by atoms with Crippen LogP contribution in [0.5, 0.6) is 0 Å². The van der Waals surface area contributed by atoms with Crippen LogP contribution in [-0.2, 0) is 10.2 Å². The van der Waals surface area contributed by atoms with Crippen molar-refractivity contribution in [1.29, 1.82) is 0 Å². The van der Waals surface area contributed by atoms with Gasteiger partial charge in [-0.25, -0.2) is 4.72 Å². The van der Waals surface area contributed by atoms with Gasteiger partial charge in [-0.15, -0.1) is 0 Å². The summed E-state index contributed by atoms with van der Waals surface area (Å²) < 4.78 is 29.5. The fraction of sp³-hybridized carbons (Fsp3) is 1.00. The van der Waals surface area contributed by atoms with E-state index in [4.69, 9.17) is 0 Å². The summed E-state index contributed by atoms with van der Waals surface area (Å²) in [6.07, 6.45) is 6.71. The maximum absolute atomic E-state index is 12.5. The Balaban J connectivity index is 1.84. The van der Waals surface area contributed by atoms with Gasteiger partial charge in [0.2, 0.25) is 0 Å². The van der Waals surface area contributed by atoms with Gasteiger partial charge in [0, 0.05) is 19.6 Å². The van der Waals surface area contributed by atoms with E-state index in [1.165, 1.54) is 12.8 Å². The molecule has 0 aromatic carbocycles. The molecule has 1 atom stereocenters. The van der Waals surface area contributed by atoms with Crippen molar-refractivity contribution < 1.29 is 8.42 Å². The number of piperidine rings is 1. The number of hydrogen-bond acceptors (Lipinski definition) is 3. The van der Waals surface area contributed by atoms with Crippen molar-refractivity contribution in [3.05, 3.63) is 0 Å². The lowest BCUT2D eigenvalue weighted by molar-refractivity contribution is 0.257. The van der Waals surface area contributed by atoms with Gasteiger partial charge in [0.15, 0.2) is 0 Å². The third-order valence-corrected chi connectivity index (χ3v) is 6.39. The fourth-order valence-corrected chi connectivity index (χ4v) is 4.77. The van der Waals surface area contributed by atoms with E-state index in [0.717, 1.165) is 38.8 Å². The molecule has 2 rings (SSSR count). The number of hydrogen-bond donors (Lipinski definition) is 2. The van der Waals surface area contributed by atoms with Gasteiger partial charge < -0.3 is 5.32 Å². The van der Waals surface area contributed by atoms with E-state index in [0.29, 0.717) is 25.6 Å². The standard InChI is InChI=1S/C15H31N3O2S/c1-3-7-15(8-9-15)13-17-21(19,20)18-10-5-6-14(12-18)11-16-4-2/h14,16-17H,3-13H2,1-2H3. The minimum Gasteiger partial charge on any atom is -0.317 e. The van der Waals surface area contributed by atoms with Crippen LogP contribution in [-0.4, -0.2) is 45.4 Å². The van der Waals surface area contributed by atoms with E-state index in [9.17, 15) is 8.42 Å². The highest BCUT2D eigenvalue weighted by Crippen LogP contribution is 2.49. The van der Waals surface area contributed by atoms with Crippen LogP contribution >= 0.6 is 0 Å². The smallest absolute Gasteiger partial charge is 0.279 e. The fourth-order valence-electron chi connectivity index (χ4n) is 3.32. The maximum Gasteiger partial charge on any atom is 0.279 e. The SMILES string of the molecule is CCCC1(CNS(=O)(=O)N2CCCC(CNCC)C2)CC1. The molecule has 0 radical (unpaired) electrons. The highest BCUT2D eigenvalue weighted by molar-refractivity contribution is 7.87. The molecule has 2 aliphatic rings. The zero-order valence-corrected chi connectivity index (χ0v) is 14.3. The Morgan fingerprint density at radius 2 is 2.05 bits per heavy atom. The average molecular weight is 317 g/mol. The lowest BCUT2D eigenvalue weighted by Gasteiger charge is -2.32. The lowest BCUT2D eigenvalue weighted by Crippen LogP contribution is -2.48. The van der Waals surface area contributed by atoms with Gasteiger partial charge in [0.25, 0.3) is 10.2 Å². The van der Waals surface area contributed by atoms with Crippen molar-refractivity contribution in [1.82, 2.24) is 14.3 Å². The third-order valence-electron chi connectivity index (χ3n) is 4.87. The molecule has 1 unspecified atom stereocenters. The highest BCUT2D eigenvalue weighted by Gasteiger charge is 2.42. The molecule has 0 spiro atoms. The van der Waals surface area contributed by atoms with Crippen LogP contribution in [0.25, 0.3) is 0 Å². The molecule has 1 saturated carbocycles. The minimum atomic E-state index is -3.30. The van der Waals surface area contributed by atoms with E-state index in [1.54, 1.807) is 4.31 Å². The van der Waals surface area contributed by atoms with Crippen LogP contribution in [0.1, 0.15) is 52.4 Å². The minimum absolute atomic E-state index is 0.265. The molecule has 1 aliphatic heterocycles. The van der Waals surface area contributed by atoms with Gasteiger partial charge in [0.1, 0.15) is 0 Å². The van der Waals surface area contributed by atoms with Gasteiger partial charge in [0.05, 0.1) is 0 Å². The summed E-state index contributed by atoms with van der Waals surface area (Å²) in [5.74, 6) is 0.445. The first kappa shape index (κ1) is 17.2. The van der Waals surface area contributed by atoms with E-state index < -0.39 is 10.2 Å². The van der Waals surface area contributed by atoms with E-state index >= 15 is 0 Å². The molecule has 5 nitrogen and oxygen atoms in total. The Hall–Kier alpha value is -0.170. The van der Waals surface area contributed by atoms with E-state index in [2.05, 4.69) is 23.9 Å². The summed E-state index contributed by atoms with van der Waals surface area (Å²) in [5, 5.41) is 3.33. The summed E-state index contributed by atoms with van der Waals surface area (Å²) >= 11 is 0. The Kier molecular flexibility index (Phi) is 6.05. The first-order valence-electron chi connectivity index (χ1n) is 8.47. The van der Waals surface area contributed by atoms with Gasteiger partial charge in [-0.05, 0) is 56.5 Å². The van der Waals surface area contributed by atoms with Crippen LogP contribution in [0.15, 0.2) is 0 Å². The van der Waals surface area contributed by atoms with Gasteiger partial charge in [-0.1, -0.05) is 20.3 Å². The van der Waals surface area contributed by atoms with Gasteiger partial charge >= 0.3 is 0 Å². The maximum atomic E-state index is 12.5. The van der Waals surface area contributed by atoms with Crippen LogP contribution < -0.4 is 10.0 Å². The molecule has 2 N–H and O–H groups in total. The molecule has 124 valence electrons. The largest absolute Gasteiger partial charge is 0.317 e. The molecule has 0 aromatic rings. The van der Waals surface area contributed by atoms with Crippen molar-refractivity contribution in [2.45, 2.75) is 52.4 Å². The van der Waals surface area contributed by atoms with E-state index in [-0.39, 0.29) is 5.41 Å². The van der Waals surface area contributed by atoms with Crippen LogP contribution in [0, 0.1) is 11.3 Å². The number of rotatable bonds is 9. The summed E-state index contributed by atoms with van der Waals surface area (Å²) in [6.45, 7) is 8.06. The van der Waals surface area contributed by atoms with Gasteiger partial charge in [-0.2, -0.15) is 12.7 Å². The second-order valence-electron chi connectivity index (χ2n) is 6.75. The number of nitrogens with zero attached hydrogens (tertiary/aromatic N) is 1. The summed E-state index contributed by atoms with van der Waals surface area (Å²) in [7, 11) is -3.30. The molecule has 0 aromatic heterocycles. The summed E-state index contributed by atoms with van der Waals surface area (Å²) in [6, 6.07) is 0. The predicted octanol–water partition coefficient (Wildman–Crippen LogP) is 1.72. The topological polar surface area (TPSA) is 61.4 Å². The molecule has 21 heavy (non-hydrogen) atoms. The summed E-state index contributed by atoms with van der Waals surface area (Å²) in [5.41, 5.74) is 0.265. The molecule has 2 fully saturated rings. The van der Waals surface area contributed by atoms with E-state index in [1.807, 2.05) is 0 Å². The quantitative estimate of drug-likeness (QED) is 0.681. The molecule has 1 aliphatic carbocycles. The van der Waals surface area contributed by atoms with Crippen molar-refractivity contribution in [3.8, 4) is 0 Å². The molecule has 0 amide bonds. The Bertz CT molecular complexity index is 421. The summed E-state index contributed by atoms with van der Waals surface area (Å²) in [4.78, 5) is 0. The first-order valence-corrected chi connectivity index (χ1v) is 9.91. The van der Waals surface area contributed by atoms with Crippen LogP contribution in [0.3, 0.4) is 0 Å². The second kappa shape index (κ2) is 7.40. The van der Waals surface area contributed by atoms with Crippen molar-refractivity contribution >= 4 is 10.2 Å². The third kappa shape index (κ3) is 4.91. The lowest BCUT2D eigenvalue weighted by atomic mass is 10.00. The van der Waals surface area contributed by atoms with Crippen LogP contribution in [0.2, 0.25) is 0 Å². The predicted molar refractivity (Wildman–Crippen MR) is 86.3 cm³/mol. The van der Waals surface area contributed by atoms with Crippen molar-refractivity contribution in [2.75, 3.05) is 32.7 Å². The average Bonchev–Trinajstić information content (AvgIpc) is 3.24. The highest BCUT2D eigenvalue weighted by atomic mass is 32.2. The second-order valence-corrected chi connectivity index (χ2v) is 8.51. The molecular weight excluding hydrogens is 286 g/mol. The Labute approximate surface area is 130 Å². The zero-order chi connectivity index (χ0) is 15.3. The number of nitrogens with one attached hydrogen (secondary N) is 2. The molecular formula is C15H31N3O2S. The Morgan fingerprint density at radius 3 is 2.67 bits per heavy atom. The van der Waals surface area contributed by atoms with Gasteiger partial charge in [-0.3, -0.25) is 0 Å². The van der Waals surface area contributed by atoms with Crippen LogP contribution in [0.4, 0.5) is 0 Å². The molecule has 1 heterocycles.